The Morgan fingerprint density at radius 1 is 1.45 bits per heavy atom. The van der Waals surface area contributed by atoms with E-state index in [1.807, 2.05) is 0 Å². The van der Waals surface area contributed by atoms with Crippen LogP contribution in [0.5, 0.6) is 0 Å². The van der Waals surface area contributed by atoms with E-state index in [0.29, 0.717) is 18.2 Å². The van der Waals surface area contributed by atoms with Gasteiger partial charge in [0.05, 0.1) is 26.4 Å². The summed E-state index contributed by atoms with van der Waals surface area (Å²) in [7, 11) is 1.53. The monoisotopic (exact) mass is 309 g/mol. The van der Waals surface area contributed by atoms with Crippen molar-refractivity contribution in [2.45, 2.75) is 6.10 Å². The molecule has 0 amide bonds. The smallest absolute Gasteiger partial charge is 0.280 e. The maximum absolute atomic E-state index is 12.3. The third-order valence-electron chi connectivity index (χ3n) is 3.40. The van der Waals surface area contributed by atoms with Gasteiger partial charge in [-0.25, -0.2) is 0 Å². The highest BCUT2D eigenvalue weighted by Crippen LogP contribution is 2.31. The number of nitrogen functional groups attached to an aromatic ring is 1. The van der Waals surface area contributed by atoms with Crippen LogP contribution in [-0.4, -0.2) is 59.0 Å². The predicted molar refractivity (Wildman–Crippen MR) is 81.3 cm³/mol. The quantitative estimate of drug-likeness (QED) is 0.512. The second-order valence-electron chi connectivity index (χ2n) is 4.87. The molecule has 0 atom stereocenters. The molecule has 1 aromatic rings. The number of aliphatic hydroxyl groups is 2. The molecular formula is C13H19N5O4. The van der Waals surface area contributed by atoms with Crippen LogP contribution < -0.4 is 21.1 Å². The summed E-state index contributed by atoms with van der Waals surface area (Å²) in [5.41, 5.74) is 5.80. The second kappa shape index (κ2) is 6.65. The van der Waals surface area contributed by atoms with Crippen LogP contribution in [0.25, 0.3) is 0 Å². The Balaban J connectivity index is 2.31. The highest BCUT2D eigenvalue weighted by Gasteiger charge is 2.31. The average molecular weight is 309 g/mol. The van der Waals surface area contributed by atoms with Gasteiger partial charge in [-0.05, 0) is 0 Å². The van der Waals surface area contributed by atoms with Gasteiger partial charge >= 0.3 is 0 Å². The molecule has 0 unspecified atom stereocenters. The van der Waals surface area contributed by atoms with Crippen molar-refractivity contribution in [1.29, 1.82) is 0 Å². The molecule has 22 heavy (non-hydrogen) atoms. The molecule has 0 spiro atoms. The lowest BCUT2D eigenvalue weighted by molar-refractivity contribution is -0.0188. The number of aromatic nitrogens is 2. The number of aliphatic hydroxyl groups excluding tert-OH is 2. The number of hydrogen-bond acceptors (Lipinski definition) is 8. The molecule has 9 heteroatoms. The van der Waals surface area contributed by atoms with E-state index in [4.69, 9.17) is 27.1 Å². The summed E-state index contributed by atoms with van der Waals surface area (Å²) in [4.78, 5) is 19.9. The molecule has 0 aliphatic carbocycles. The second-order valence-corrected chi connectivity index (χ2v) is 4.87. The molecule has 120 valence electrons. The third-order valence-corrected chi connectivity index (χ3v) is 3.40. The molecule has 0 saturated heterocycles. The lowest BCUT2D eigenvalue weighted by Gasteiger charge is -2.21. The van der Waals surface area contributed by atoms with E-state index in [0.717, 1.165) is 0 Å². The van der Waals surface area contributed by atoms with E-state index >= 15 is 0 Å². The molecule has 0 fully saturated rings. The minimum absolute atomic E-state index is 0.0411. The minimum Gasteiger partial charge on any atom is -0.394 e. The van der Waals surface area contributed by atoms with Crippen LogP contribution >= 0.6 is 0 Å². The van der Waals surface area contributed by atoms with Crippen LogP contribution in [0.2, 0.25) is 0 Å². The molecule has 1 aromatic heterocycles. The lowest BCUT2D eigenvalue weighted by Crippen LogP contribution is -2.36. The first-order chi connectivity index (χ1) is 10.5. The molecule has 9 nitrogen and oxygen atoms in total. The van der Waals surface area contributed by atoms with E-state index in [2.05, 4.69) is 10.9 Å². The topological polar surface area (TPSA) is 117 Å². The number of terminal acetylenes is 1. The van der Waals surface area contributed by atoms with Crippen LogP contribution in [0.4, 0.5) is 17.5 Å². The fourth-order valence-corrected chi connectivity index (χ4v) is 2.14. The molecule has 0 radical (unpaired) electrons. The van der Waals surface area contributed by atoms with Crippen molar-refractivity contribution in [3.8, 4) is 12.3 Å². The van der Waals surface area contributed by atoms with E-state index in [9.17, 15) is 4.79 Å². The first-order valence-electron chi connectivity index (χ1n) is 6.66. The SMILES string of the molecule is C#CCN1CN(COC(CO)CO)c2nc(N)n(C)c(=O)c21. The highest BCUT2D eigenvalue weighted by molar-refractivity contribution is 5.73. The van der Waals surface area contributed by atoms with Crippen LogP contribution in [0.1, 0.15) is 0 Å². The Kier molecular flexibility index (Phi) is 4.87. The van der Waals surface area contributed by atoms with Gasteiger partial charge in [-0.15, -0.1) is 6.42 Å². The Bertz CT molecular complexity index is 635. The number of nitrogens with two attached hydrogens (primary N) is 1. The number of anilines is 3. The predicted octanol–water partition coefficient (Wildman–Crippen LogP) is -2.09. The highest BCUT2D eigenvalue weighted by atomic mass is 16.5. The van der Waals surface area contributed by atoms with Crippen LogP contribution in [0.15, 0.2) is 4.79 Å². The summed E-state index contributed by atoms with van der Waals surface area (Å²) in [6, 6.07) is 0. The van der Waals surface area contributed by atoms with Gasteiger partial charge in [0.2, 0.25) is 5.95 Å². The zero-order valence-electron chi connectivity index (χ0n) is 12.3. The van der Waals surface area contributed by atoms with Crippen molar-refractivity contribution in [3.05, 3.63) is 10.4 Å². The Morgan fingerprint density at radius 3 is 2.73 bits per heavy atom. The molecule has 1 aliphatic rings. The van der Waals surface area contributed by atoms with Crippen molar-refractivity contribution in [1.82, 2.24) is 9.55 Å². The van der Waals surface area contributed by atoms with E-state index in [-0.39, 0.29) is 38.0 Å². The number of rotatable bonds is 6. The summed E-state index contributed by atoms with van der Waals surface area (Å²) in [5, 5.41) is 18.1. The maximum atomic E-state index is 12.3. The van der Waals surface area contributed by atoms with Gasteiger partial charge in [0.1, 0.15) is 18.5 Å². The van der Waals surface area contributed by atoms with Gasteiger partial charge in [-0.1, -0.05) is 5.92 Å². The largest absolute Gasteiger partial charge is 0.394 e. The number of fused-ring (bicyclic) bond motifs is 1. The first-order valence-corrected chi connectivity index (χ1v) is 6.66. The van der Waals surface area contributed by atoms with Crippen LogP contribution in [0.3, 0.4) is 0 Å². The molecular weight excluding hydrogens is 290 g/mol. The van der Waals surface area contributed by atoms with Crippen LogP contribution in [-0.2, 0) is 11.8 Å². The fraction of sp³-hybridized carbons (Fsp3) is 0.538. The summed E-state index contributed by atoms with van der Waals surface area (Å²) in [5.74, 6) is 2.95. The van der Waals surface area contributed by atoms with E-state index < -0.39 is 6.10 Å². The number of nitrogens with zero attached hydrogens (tertiary/aromatic N) is 4. The first kappa shape index (κ1) is 16.1. The summed E-state index contributed by atoms with van der Waals surface area (Å²) < 4.78 is 6.62. The zero-order chi connectivity index (χ0) is 16.3. The molecule has 0 bridgehead atoms. The van der Waals surface area contributed by atoms with Crippen molar-refractivity contribution >= 4 is 17.5 Å². The minimum atomic E-state index is -0.700. The lowest BCUT2D eigenvalue weighted by atomic mass is 10.4. The third kappa shape index (κ3) is 2.85. The van der Waals surface area contributed by atoms with Gasteiger partial charge in [-0.3, -0.25) is 9.36 Å². The Morgan fingerprint density at radius 2 is 2.14 bits per heavy atom. The zero-order valence-corrected chi connectivity index (χ0v) is 12.3. The molecule has 0 aromatic carbocycles. The van der Waals surface area contributed by atoms with E-state index in [1.165, 1.54) is 11.6 Å². The van der Waals surface area contributed by atoms with Crippen molar-refractivity contribution in [2.75, 3.05) is 48.7 Å². The van der Waals surface area contributed by atoms with Crippen LogP contribution in [0, 0.1) is 12.3 Å². The average Bonchev–Trinajstić information content (AvgIpc) is 2.84. The van der Waals surface area contributed by atoms with Gasteiger partial charge < -0.3 is 30.5 Å². The van der Waals surface area contributed by atoms with Gasteiger partial charge in [-0.2, -0.15) is 4.98 Å². The summed E-state index contributed by atoms with van der Waals surface area (Å²) in [6.45, 7) is -0.0170. The molecule has 2 rings (SSSR count). The van der Waals surface area contributed by atoms with Crippen molar-refractivity contribution in [3.63, 3.8) is 0 Å². The summed E-state index contributed by atoms with van der Waals surface area (Å²) in [6.07, 6.45) is 4.63. The molecule has 0 saturated carbocycles. The Labute approximate surface area is 127 Å². The Hall–Kier alpha value is -2.28. The standard InChI is InChI=1S/C13H19N5O4/c1-3-4-17-7-18(8-22-9(5-19)6-20)11-10(17)12(21)16(2)13(14)15-11/h1,9,19-20H,4-8H2,2H3,(H2,14,15). The normalized spacial score (nSPS) is 13.6. The summed E-state index contributed by atoms with van der Waals surface area (Å²) >= 11 is 0. The fourth-order valence-electron chi connectivity index (χ4n) is 2.14. The maximum Gasteiger partial charge on any atom is 0.280 e. The number of hydrogen-bond donors (Lipinski definition) is 3. The molecule has 2 heterocycles. The van der Waals surface area contributed by atoms with Gasteiger partial charge in [0, 0.05) is 7.05 Å². The number of ether oxygens (including phenoxy) is 1. The van der Waals surface area contributed by atoms with Crippen molar-refractivity contribution in [2.24, 2.45) is 7.05 Å². The van der Waals surface area contributed by atoms with E-state index in [1.54, 1.807) is 9.80 Å². The van der Waals surface area contributed by atoms with Gasteiger partial charge in [0.25, 0.3) is 5.56 Å². The van der Waals surface area contributed by atoms with Gasteiger partial charge in [0.15, 0.2) is 5.82 Å². The molecule has 1 aliphatic heterocycles. The molecule has 4 N–H and O–H groups in total. The van der Waals surface area contributed by atoms with Crippen molar-refractivity contribution < 1.29 is 14.9 Å².